The van der Waals surface area contributed by atoms with Crippen molar-refractivity contribution in [3.05, 3.63) is 53.5 Å². The largest absolute Gasteiger partial charge is 0.478 e. The van der Waals surface area contributed by atoms with Crippen molar-refractivity contribution in [2.24, 2.45) is 13.0 Å². The van der Waals surface area contributed by atoms with E-state index in [4.69, 9.17) is 5.11 Å². The first kappa shape index (κ1) is 20.3. The summed E-state index contributed by atoms with van der Waals surface area (Å²) in [7, 11) is 2.14. The van der Waals surface area contributed by atoms with Crippen molar-refractivity contribution in [1.82, 2.24) is 19.9 Å². The molecule has 0 radical (unpaired) electrons. The van der Waals surface area contributed by atoms with Gasteiger partial charge in [0.1, 0.15) is 0 Å². The van der Waals surface area contributed by atoms with Crippen molar-refractivity contribution in [2.75, 3.05) is 31.1 Å². The van der Waals surface area contributed by atoms with Gasteiger partial charge in [-0.1, -0.05) is 18.2 Å². The van der Waals surface area contributed by atoms with Crippen LogP contribution in [0.2, 0.25) is 0 Å². The molecule has 1 saturated heterocycles. The first-order chi connectivity index (χ1) is 14.5. The summed E-state index contributed by atoms with van der Waals surface area (Å²) in [6, 6.07) is 8.62. The summed E-state index contributed by atoms with van der Waals surface area (Å²) in [5, 5.41) is 14.0. The van der Waals surface area contributed by atoms with Gasteiger partial charge in [-0.3, -0.25) is 0 Å². The number of aromatic nitrogens is 3. The Balaban J connectivity index is 1.24. The number of carboxylic acids is 1. The molecule has 0 aliphatic carbocycles. The second-order valence-electron chi connectivity index (χ2n) is 8.10. The number of benzene rings is 1. The van der Waals surface area contributed by atoms with Crippen LogP contribution < -0.4 is 10.2 Å². The minimum atomic E-state index is -0.995. The fraction of sp³-hybridized carbons (Fsp3) is 0.435. The van der Waals surface area contributed by atoms with Crippen LogP contribution in [0.15, 0.2) is 36.7 Å². The standard InChI is InChI=1S/C23H29N5O2/c1-16-19(20-5-3-4-6-21(20)27(16)2)7-10-24-13-17-8-11-28(12-9-17)23-25-14-18(15-26-23)22(29)30/h3-6,14-15,17,24H,7-13H2,1-2H3,(H,29,30). The summed E-state index contributed by atoms with van der Waals surface area (Å²) in [5.74, 6) is 0.274. The summed E-state index contributed by atoms with van der Waals surface area (Å²) in [6.07, 6.45) is 5.98. The van der Waals surface area contributed by atoms with Gasteiger partial charge in [0.05, 0.1) is 5.56 Å². The van der Waals surface area contributed by atoms with E-state index < -0.39 is 5.97 Å². The first-order valence-electron chi connectivity index (χ1n) is 10.6. The smallest absolute Gasteiger partial charge is 0.338 e. The molecule has 1 fully saturated rings. The van der Waals surface area contributed by atoms with Gasteiger partial charge in [-0.05, 0) is 56.8 Å². The number of para-hydroxylation sites is 1. The third kappa shape index (κ3) is 4.16. The lowest BCUT2D eigenvalue weighted by molar-refractivity contribution is 0.0696. The monoisotopic (exact) mass is 407 g/mol. The van der Waals surface area contributed by atoms with E-state index in [0.29, 0.717) is 11.9 Å². The Hall–Kier alpha value is -2.93. The number of hydrogen-bond acceptors (Lipinski definition) is 5. The molecule has 4 rings (SSSR count). The van der Waals surface area contributed by atoms with Crippen LogP contribution in [0.4, 0.5) is 5.95 Å². The Morgan fingerprint density at radius 3 is 2.60 bits per heavy atom. The minimum absolute atomic E-state index is 0.124. The number of aromatic carboxylic acids is 1. The molecule has 0 atom stereocenters. The van der Waals surface area contributed by atoms with E-state index in [9.17, 15) is 4.79 Å². The van der Waals surface area contributed by atoms with Crippen LogP contribution in [-0.2, 0) is 13.5 Å². The predicted molar refractivity (Wildman–Crippen MR) is 118 cm³/mol. The van der Waals surface area contributed by atoms with Crippen molar-refractivity contribution in [3.8, 4) is 0 Å². The fourth-order valence-corrected chi connectivity index (χ4v) is 4.37. The van der Waals surface area contributed by atoms with E-state index in [0.717, 1.165) is 45.4 Å². The van der Waals surface area contributed by atoms with Gasteiger partial charge in [-0.15, -0.1) is 0 Å². The van der Waals surface area contributed by atoms with Gasteiger partial charge in [-0.25, -0.2) is 14.8 Å². The third-order valence-electron chi connectivity index (χ3n) is 6.30. The highest BCUT2D eigenvalue weighted by Gasteiger charge is 2.21. The molecule has 0 saturated carbocycles. The topological polar surface area (TPSA) is 83.3 Å². The number of aryl methyl sites for hydroxylation is 1. The fourth-order valence-electron chi connectivity index (χ4n) is 4.37. The average molecular weight is 408 g/mol. The van der Waals surface area contributed by atoms with Gasteiger partial charge < -0.3 is 19.9 Å². The Morgan fingerprint density at radius 2 is 1.90 bits per heavy atom. The maximum atomic E-state index is 10.9. The van der Waals surface area contributed by atoms with Crippen molar-refractivity contribution >= 4 is 22.8 Å². The quantitative estimate of drug-likeness (QED) is 0.586. The Morgan fingerprint density at radius 1 is 1.20 bits per heavy atom. The Kier molecular flexibility index (Phi) is 5.99. The number of carboxylic acid groups (broad SMARTS) is 1. The van der Waals surface area contributed by atoms with Crippen molar-refractivity contribution in [2.45, 2.75) is 26.2 Å². The zero-order valence-corrected chi connectivity index (χ0v) is 17.6. The highest BCUT2D eigenvalue weighted by molar-refractivity contribution is 5.87. The molecule has 1 aliphatic rings. The predicted octanol–water partition coefficient (Wildman–Crippen LogP) is 3.02. The highest BCUT2D eigenvalue weighted by atomic mass is 16.4. The van der Waals surface area contributed by atoms with Crippen LogP contribution >= 0.6 is 0 Å². The molecule has 158 valence electrons. The van der Waals surface area contributed by atoms with E-state index in [1.165, 1.54) is 34.6 Å². The van der Waals surface area contributed by atoms with Gasteiger partial charge in [0.2, 0.25) is 5.95 Å². The van der Waals surface area contributed by atoms with E-state index >= 15 is 0 Å². The van der Waals surface area contributed by atoms with Crippen LogP contribution in [-0.4, -0.2) is 51.8 Å². The zero-order valence-electron chi connectivity index (χ0n) is 17.6. The number of nitrogens with zero attached hydrogens (tertiary/aromatic N) is 4. The summed E-state index contributed by atoms with van der Waals surface area (Å²) in [4.78, 5) is 21.5. The molecule has 1 aromatic carbocycles. The van der Waals surface area contributed by atoms with E-state index in [2.05, 4.69) is 63.0 Å². The minimum Gasteiger partial charge on any atom is -0.478 e. The molecule has 2 N–H and O–H groups in total. The summed E-state index contributed by atoms with van der Waals surface area (Å²) in [5.41, 5.74) is 4.22. The van der Waals surface area contributed by atoms with Crippen molar-refractivity contribution < 1.29 is 9.90 Å². The molecule has 1 aliphatic heterocycles. The number of nitrogens with one attached hydrogen (secondary N) is 1. The van der Waals surface area contributed by atoms with Crippen molar-refractivity contribution in [3.63, 3.8) is 0 Å². The zero-order chi connectivity index (χ0) is 21.1. The number of piperidine rings is 1. The van der Waals surface area contributed by atoms with Crippen molar-refractivity contribution in [1.29, 1.82) is 0 Å². The molecule has 0 amide bonds. The number of carbonyl (C=O) groups is 1. The molecule has 2 aromatic heterocycles. The molecule has 3 aromatic rings. The Bertz CT molecular complexity index is 1020. The SMILES string of the molecule is Cc1c(CCNCC2CCN(c3ncc(C(=O)O)cn3)CC2)c2ccccc2n1C. The van der Waals surface area contributed by atoms with E-state index in [-0.39, 0.29) is 5.56 Å². The summed E-state index contributed by atoms with van der Waals surface area (Å²) in [6.45, 7) is 6.02. The molecular weight excluding hydrogens is 378 g/mol. The third-order valence-corrected chi connectivity index (χ3v) is 6.30. The number of hydrogen-bond donors (Lipinski definition) is 2. The maximum Gasteiger partial charge on any atom is 0.338 e. The molecule has 0 bridgehead atoms. The second-order valence-corrected chi connectivity index (χ2v) is 8.10. The molecule has 7 nitrogen and oxygen atoms in total. The van der Waals surface area contributed by atoms with Gasteiger partial charge in [0, 0.05) is 49.1 Å². The lowest BCUT2D eigenvalue weighted by Crippen LogP contribution is -2.38. The maximum absolute atomic E-state index is 10.9. The lowest BCUT2D eigenvalue weighted by atomic mass is 9.97. The summed E-state index contributed by atoms with van der Waals surface area (Å²) >= 11 is 0. The van der Waals surface area contributed by atoms with E-state index in [1.807, 2.05) is 0 Å². The van der Waals surface area contributed by atoms with Crippen LogP contribution in [0.5, 0.6) is 0 Å². The second kappa shape index (κ2) is 8.83. The van der Waals surface area contributed by atoms with Gasteiger partial charge in [-0.2, -0.15) is 0 Å². The highest BCUT2D eigenvalue weighted by Crippen LogP contribution is 2.25. The molecule has 30 heavy (non-hydrogen) atoms. The van der Waals surface area contributed by atoms with Gasteiger partial charge >= 0.3 is 5.97 Å². The molecule has 0 spiro atoms. The van der Waals surface area contributed by atoms with Gasteiger partial charge in [0.15, 0.2) is 0 Å². The van der Waals surface area contributed by atoms with Crippen LogP contribution in [0.1, 0.15) is 34.5 Å². The molecule has 3 heterocycles. The molecular formula is C23H29N5O2. The Labute approximate surface area is 176 Å². The average Bonchev–Trinajstić information content (AvgIpc) is 3.02. The van der Waals surface area contributed by atoms with Crippen LogP contribution in [0.25, 0.3) is 10.9 Å². The first-order valence-corrected chi connectivity index (χ1v) is 10.6. The summed E-state index contributed by atoms with van der Waals surface area (Å²) < 4.78 is 2.28. The normalized spacial score (nSPS) is 15.1. The number of anilines is 1. The van der Waals surface area contributed by atoms with Crippen LogP contribution in [0.3, 0.4) is 0 Å². The number of rotatable bonds is 7. The van der Waals surface area contributed by atoms with Crippen LogP contribution in [0, 0.1) is 12.8 Å². The number of fused-ring (bicyclic) bond motifs is 1. The van der Waals surface area contributed by atoms with Gasteiger partial charge in [0.25, 0.3) is 0 Å². The van der Waals surface area contributed by atoms with E-state index in [1.54, 1.807) is 0 Å². The molecule has 0 unspecified atom stereocenters. The lowest BCUT2D eigenvalue weighted by Gasteiger charge is -2.32. The molecule has 7 heteroatoms.